The molecule has 0 radical (unpaired) electrons. The molecule has 24 heavy (non-hydrogen) atoms. The Morgan fingerprint density at radius 1 is 1.33 bits per heavy atom. The van der Waals surface area contributed by atoms with Gasteiger partial charge in [0, 0.05) is 25.7 Å². The first kappa shape index (κ1) is 15.6. The monoisotopic (exact) mass is 332 g/mol. The van der Waals surface area contributed by atoms with Crippen LogP contribution >= 0.6 is 0 Å². The van der Waals surface area contributed by atoms with Crippen LogP contribution in [0.5, 0.6) is 0 Å². The number of nitrogens with zero attached hydrogens (tertiary/aromatic N) is 4. The molecule has 0 unspecified atom stereocenters. The van der Waals surface area contributed by atoms with Crippen LogP contribution in [-0.2, 0) is 22.6 Å². The highest BCUT2D eigenvalue weighted by atomic mass is 16.5. The van der Waals surface area contributed by atoms with Crippen LogP contribution < -0.4 is 0 Å². The lowest BCUT2D eigenvalue weighted by Gasteiger charge is -2.29. The van der Waals surface area contributed by atoms with Crippen LogP contribution in [0.4, 0.5) is 0 Å². The number of amides is 1. The summed E-state index contributed by atoms with van der Waals surface area (Å²) in [5, 5.41) is 4.30. The van der Waals surface area contributed by atoms with Crippen molar-refractivity contribution in [2.45, 2.75) is 44.8 Å². The first-order chi connectivity index (χ1) is 11.6. The Hall–Kier alpha value is -1.89. The number of carbonyl (C=O) groups excluding carboxylic acids is 2. The number of methoxy groups -OCH3 is 1. The average molecular weight is 332 g/mol. The molecule has 2 aliphatic heterocycles. The molecular weight excluding hydrogens is 308 g/mol. The topological polar surface area (TPSA) is 67.7 Å². The molecule has 7 nitrogen and oxygen atoms in total. The number of aryl methyl sites for hydroxylation is 1. The average Bonchev–Trinajstić information content (AvgIpc) is 3.26. The number of carbonyl (C=O) groups is 2. The van der Waals surface area contributed by atoms with Crippen molar-refractivity contribution in [3.8, 4) is 0 Å². The summed E-state index contributed by atoms with van der Waals surface area (Å²) in [5.74, 6) is 0.564. The van der Waals surface area contributed by atoms with Gasteiger partial charge in [-0.05, 0) is 37.7 Å². The van der Waals surface area contributed by atoms with Gasteiger partial charge < -0.3 is 9.64 Å². The van der Waals surface area contributed by atoms with E-state index >= 15 is 0 Å². The molecule has 1 aliphatic carbocycles. The van der Waals surface area contributed by atoms with Crippen LogP contribution in [-0.4, -0.2) is 64.2 Å². The number of hydrogen-bond donors (Lipinski definition) is 0. The number of esters is 1. The minimum Gasteiger partial charge on any atom is -0.464 e. The molecule has 0 aromatic carbocycles. The van der Waals surface area contributed by atoms with Crippen LogP contribution in [0.3, 0.4) is 0 Å². The molecule has 1 saturated heterocycles. The van der Waals surface area contributed by atoms with Crippen LogP contribution in [0.1, 0.15) is 41.9 Å². The van der Waals surface area contributed by atoms with Crippen molar-refractivity contribution in [3.63, 3.8) is 0 Å². The zero-order valence-corrected chi connectivity index (χ0v) is 14.1. The van der Waals surface area contributed by atoms with Crippen molar-refractivity contribution in [2.75, 3.05) is 26.7 Å². The van der Waals surface area contributed by atoms with Crippen molar-refractivity contribution in [2.24, 2.45) is 5.92 Å². The van der Waals surface area contributed by atoms with Gasteiger partial charge in [0.1, 0.15) is 0 Å². The molecule has 3 heterocycles. The molecule has 1 saturated carbocycles. The number of hydrogen-bond acceptors (Lipinski definition) is 5. The molecule has 1 aromatic rings. The Morgan fingerprint density at radius 2 is 2.21 bits per heavy atom. The first-order valence-electron chi connectivity index (χ1n) is 8.81. The molecule has 0 N–H and O–H groups in total. The maximum absolute atomic E-state index is 12.8. The molecular formula is C17H24N4O3. The summed E-state index contributed by atoms with van der Waals surface area (Å²) in [7, 11) is 1.35. The molecule has 130 valence electrons. The van der Waals surface area contributed by atoms with Crippen molar-refractivity contribution in [3.05, 3.63) is 17.5 Å². The Kier molecular flexibility index (Phi) is 4.04. The van der Waals surface area contributed by atoms with Gasteiger partial charge in [0.2, 0.25) is 5.91 Å². The summed E-state index contributed by atoms with van der Waals surface area (Å²) >= 11 is 0. The van der Waals surface area contributed by atoms with Crippen LogP contribution in [0.2, 0.25) is 0 Å². The summed E-state index contributed by atoms with van der Waals surface area (Å²) in [6.07, 6.45) is 4.69. The number of piperidine rings is 1. The van der Waals surface area contributed by atoms with E-state index < -0.39 is 5.97 Å². The molecule has 7 heteroatoms. The summed E-state index contributed by atoms with van der Waals surface area (Å²) in [5.41, 5.74) is 1.22. The van der Waals surface area contributed by atoms with Crippen LogP contribution in [0.15, 0.2) is 6.07 Å². The summed E-state index contributed by atoms with van der Waals surface area (Å²) in [4.78, 5) is 28.7. The summed E-state index contributed by atoms with van der Waals surface area (Å²) in [6.45, 7) is 3.60. The van der Waals surface area contributed by atoms with E-state index in [1.807, 2.05) is 9.58 Å². The van der Waals surface area contributed by atoms with E-state index in [4.69, 9.17) is 4.74 Å². The van der Waals surface area contributed by atoms with Gasteiger partial charge in [-0.15, -0.1) is 0 Å². The number of ether oxygens (including phenoxy) is 1. The van der Waals surface area contributed by atoms with Gasteiger partial charge in [-0.1, -0.05) is 0 Å². The molecule has 0 spiro atoms. The second kappa shape index (κ2) is 6.20. The second-order valence-electron chi connectivity index (χ2n) is 7.17. The van der Waals surface area contributed by atoms with E-state index in [0.29, 0.717) is 24.8 Å². The fraction of sp³-hybridized carbons (Fsp3) is 0.706. The Morgan fingerprint density at radius 3 is 2.92 bits per heavy atom. The molecule has 2 bridgehead atoms. The van der Waals surface area contributed by atoms with Gasteiger partial charge >= 0.3 is 5.97 Å². The molecule has 4 rings (SSSR count). The minimum absolute atomic E-state index is 0.191. The smallest absolute Gasteiger partial charge is 0.358 e. The third kappa shape index (κ3) is 2.81. The van der Waals surface area contributed by atoms with Gasteiger partial charge in [-0.3, -0.25) is 14.4 Å². The van der Waals surface area contributed by atoms with Crippen molar-refractivity contribution in [1.82, 2.24) is 19.6 Å². The molecule has 2 atom stereocenters. The third-order valence-corrected chi connectivity index (χ3v) is 5.62. The standard InChI is InChI=1S/C17H24N4O3/c1-24-17(23)15-8-14-10-19(5-2-6-21(14)18-15)16(22)11-20-9-12-3-4-13(20)7-12/h8,12-13H,2-7,9-11H2,1H3/t12-,13-/m1/s1. The predicted octanol–water partition coefficient (Wildman–Crippen LogP) is 0.886. The lowest BCUT2D eigenvalue weighted by molar-refractivity contribution is -0.133. The van der Waals surface area contributed by atoms with E-state index in [0.717, 1.165) is 37.7 Å². The number of likely N-dealkylation sites (tertiary alicyclic amines) is 1. The zero-order valence-electron chi connectivity index (χ0n) is 14.1. The molecule has 3 aliphatic rings. The molecule has 2 fully saturated rings. The Labute approximate surface area is 141 Å². The highest BCUT2D eigenvalue weighted by molar-refractivity contribution is 5.87. The lowest BCUT2D eigenvalue weighted by atomic mass is 10.1. The lowest BCUT2D eigenvalue weighted by Crippen LogP contribution is -2.43. The first-order valence-corrected chi connectivity index (χ1v) is 8.81. The van der Waals surface area contributed by atoms with Crippen LogP contribution in [0.25, 0.3) is 0 Å². The van der Waals surface area contributed by atoms with E-state index in [-0.39, 0.29) is 5.91 Å². The van der Waals surface area contributed by atoms with E-state index in [1.54, 1.807) is 6.07 Å². The third-order valence-electron chi connectivity index (χ3n) is 5.62. The largest absolute Gasteiger partial charge is 0.464 e. The number of rotatable bonds is 3. The van der Waals surface area contributed by atoms with E-state index in [2.05, 4.69) is 10.00 Å². The fourth-order valence-electron chi connectivity index (χ4n) is 4.37. The van der Waals surface area contributed by atoms with Gasteiger partial charge in [0.15, 0.2) is 5.69 Å². The normalized spacial score (nSPS) is 26.3. The van der Waals surface area contributed by atoms with Gasteiger partial charge in [0.25, 0.3) is 0 Å². The van der Waals surface area contributed by atoms with Crippen molar-refractivity contribution in [1.29, 1.82) is 0 Å². The number of fused-ring (bicyclic) bond motifs is 3. The maximum Gasteiger partial charge on any atom is 0.358 e. The van der Waals surface area contributed by atoms with Gasteiger partial charge in [0.05, 0.1) is 25.9 Å². The second-order valence-corrected chi connectivity index (χ2v) is 7.17. The Balaban J connectivity index is 1.43. The van der Waals surface area contributed by atoms with Gasteiger partial charge in [-0.25, -0.2) is 4.79 Å². The highest BCUT2D eigenvalue weighted by Crippen LogP contribution is 2.37. The predicted molar refractivity (Wildman–Crippen MR) is 86.3 cm³/mol. The van der Waals surface area contributed by atoms with E-state index in [1.165, 1.54) is 26.4 Å². The maximum atomic E-state index is 12.8. The SMILES string of the molecule is COC(=O)c1cc2n(n1)CCCN(C(=O)CN1C[C@@H]3CC[C@@H]1C3)C2. The van der Waals surface area contributed by atoms with Gasteiger partial charge in [-0.2, -0.15) is 5.10 Å². The van der Waals surface area contributed by atoms with E-state index in [9.17, 15) is 9.59 Å². The fourth-order valence-corrected chi connectivity index (χ4v) is 4.37. The number of aromatic nitrogens is 2. The van der Waals surface area contributed by atoms with Crippen molar-refractivity contribution < 1.29 is 14.3 Å². The Bertz CT molecular complexity index is 656. The highest BCUT2D eigenvalue weighted by Gasteiger charge is 2.39. The summed E-state index contributed by atoms with van der Waals surface area (Å²) in [6, 6.07) is 2.36. The molecule has 1 aromatic heterocycles. The minimum atomic E-state index is -0.429. The van der Waals surface area contributed by atoms with Crippen LogP contribution in [0, 0.1) is 5.92 Å². The zero-order chi connectivity index (χ0) is 16.7. The quantitative estimate of drug-likeness (QED) is 0.769. The van der Waals surface area contributed by atoms with Crippen molar-refractivity contribution >= 4 is 11.9 Å². The molecule has 1 amide bonds. The summed E-state index contributed by atoms with van der Waals surface area (Å²) < 4.78 is 6.57.